The summed E-state index contributed by atoms with van der Waals surface area (Å²) in [5.41, 5.74) is 5.27. The molecule has 0 aliphatic carbocycles. The Morgan fingerprint density at radius 2 is 2.00 bits per heavy atom. The highest BCUT2D eigenvalue weighted by molar-refractivity contribution is 4.81. The molecule has 0 spiro atoms. The molecule has 0 bridgehead atoms. The number of ether oxygens (including phenoxy) is 2. The lowest BCUT2D eigenvalue weighted by Gasteiger charge is -2.23. The van der Waals surface area contributed by atoms with E-state index in [0.717, 1.165) is 0 Å². The van der Waals surface area contributed by atoms with E-state index in [1.165, 1.54) is 0 Å². The number of hydrogen-bond acceptors (Lipinski definition) is 3. The fourth-order valence-corrected chi connectivity index (χ4v) is 1.07. The van der Waals surface area contributed by atoms with Crippen LogP contribution in [0.5, 0.6) is 0 Å². The molecule has 1 heterocycles. The Morgan fingerprint density at radius 3 is 2.20 bits per heavy atom. The average Bonchev–Trinajstić information content (AvgIpc) is 2.08. The Morgan fingerprint density at radius 1 is 1.40 bits per heavy atom. The van der Waals surface area contributed by atoms with Crippen LogP contribution >= 0.6 is 0 Å². The van der Waals surface area contributed by atoms with Crippen molar-refractivity contribution in [1.29, 1.82) is 0 Å². The maximum absolute atomic E-state index is 5.54. The van der Waals surface area contributed by atoms with E-state index < -0.39 is 5.79 Å². The molecule has 0 aromatic heterocycles. The molecule has 1 fully saturated rings. The van der Waals surface area contributed by atoms with E-state index in [1.54, 1.807) is 0 Å². The third kappa shape index (κ3) is 1.48. The van der Waals surface area contributed by atoms with Gasteiger partial charge in [-0.05, 0) is 20.8 Å². The molecule has 1 aliphatic rings. The van der Waals surface area contributed by atoms with Crippen molar-refractivity contribution < 1.29 is 9.47 Å². The molecule has 0 aromatic rings. The van der Waals surface area contributed by atoms with Crippen molar-refractivity contribution >= 4 is 0 Å². The highest BCUT2D eigenvalue weighted by Crippen LogP contribution is 2.29. The maximum atomic E-state index is 5.54. The van der Waals surface area contributed by atoms with Gasteiger partial charge in [0.25, 0.3) is 0 Å². The summed E-state index contributed by atoms with van der Waals surface area (Å²) in [4.78, 5) is 0. The number of rotatable bonds is 1. The Bertz CT molecular complexity index is 136. The topological polar surface area (TPSA) is 44.5 Å². The van der Waals surface area contributed by atoms with Crippen molar-refractivity contribution in [1.82, 2.24) is 0 Å². The van der Waals surface area contributed by atoms with Crippen LogP contribution in [0, 0.1) is 0 Å². The van der Waals surface area contributed by atoms with Gasteiger partial charge in [0.15, 0.2) is 5.79 Å². The second-order valence-electron chi connectivity index (χ2n) is 3.49. The van der Waals surface area contributed by atoms with Gasteiger partial charge in [-0.1, -0.05) is 0 Å². The van der Waals surface area contributed by atoms with Crippen LogP contribution in [0.25, 0.3) is 0 Å². The van der Waals surface area contributed by atoms with Gasteiger partial charge in [-0.25, -0.2) is 0 Å². The van der Waals surface area contributed by atoms with E-state index >= 15 is 0 Å². The predicted octanol–water partition coefficient (Wildman–Crippen LogP) is 0.487. The highest BCUT2D eigenvalue weighted by atomic mass is 16.8. The molecular weight excluding hydrogens is 130 g/mol. The summed E-state index contributed by atoms with van der Waals surface area (Å²) in [6, 6.07) is 0. The zero-order valence-electron chi connectivity index (χ0n) is 6.81. The van der Waals surface area contributed by atoms with Gasteiger partial charge in [0.2, 0.25) is 0 Å². The lowest BCUT2D eigenvalue weighted by molar-refractivity contribution is -0.159. The fourth-order valence-electron chi connectivity index (χ4n) is 1.07. The maximum Gasteiger partial charge on any atom is 0.178 e. The molecule has 10 heavy (non-hydrogen) atoms. The lowest BCUT2D eigenvalue weighted by Crippen LogP contribution is -2.37. The third-order valence-corrected chi connectivity index (χ3v) is 1.59. The predicted molar refractivity (Wildman–Crippen MR) is 38.6 cm³/mol. The largest absolute Gasteiger partial charge is 0.346 e. The molecule has 1 rings (SSSR count). The average molecular weight is 145 g/mol. The van der Waals surface area contributed by atoms with Gasteiger partial charge in [0, 0.05) is 6.54 Å². The van der Waals surface area contributed by atoms with Gasteiger partial charge in [0.05, 0.1) is 12.2 Å². The quantitative estimate of drug-likeness (QED) is 0.584. The van der Waals surface area contributed by atoms with Crippen molar-refractivity contribution in [3.05, 3.63) is 0 Å². The van der Waals surface area contributed by atoms with Crippen LogP contribution < -0.4 is 5.73 Å². The monoisotopic (exact) mass is 145 g/mol. The first-order valence-electron chi connectivity index (χ1n) is 3.52. The summed E-state index contributed by atoms with van der Waals surface area (Å²) in [6.07, 6.45) is 0. The van der Waals surface area contributed by atoms with Crippen LogP contribution in [0.1, 0.15) is 20.8 Å². The van der Waals surface area contributed by atoms with Crippen LogP contribution in [0.3, 0.4) is 0 Å². The molecule has 0 aromatic carbocycles. The summed E-state index contributed by atoms with van der Waals surface area (Å²) in [5.74, 6) is -0.552. The van der Waals surface area contributed by atoms with E-state index in [9.17, 15) is 0 Å². The Balaban J connectivity index is 2.57. The van der Waals surface area contributed by atoms with E-state index in [4.69, 9.17) is 15.2 Å². The molecule has 1 atom stereocenters. The summed E-state index contributed by atoms with van der Waals surface area (Å²) in [6.45, 7) is 6.89. The van der Waals surface area contributed by atoms with Crippen LogP contribution in [-0.2, 0) is 9.47 Å². The molecule has 3 heteroatoms. The minimum Gasteiger partial charge on any atom is -0.346 e. The summed E-state index contributed by atoms with van der Waals surface area (Å²) in [7, 11) is 0. The zero-order valence-corrected chi connectivity index (χ0v) is 6.81. The molecule has 1 unspecified atom stereocenters. The Kier molecular flexibility index (Phi) is 1.75. The smallest absolute Gasteiger partial charge is 0.178 e. The van der Waals surface area contributed by atoms with Crippen LogP contribution in [0.15, 0.2) is 0 Å². The SMILES string of the molecule is CC1(C)COC(C)(CN)O1. The van der Waals surface area contributed by atoms with Gasteiger partial charge >= 0.3 is 0 Å². The molecule has 1 aliphatic heterocycles. The van der Waals surface area contributed by atoms with Gasteiger partial charge in [-0.3, -0.25) is 0 Å². The molecule has 60 valence electrons. The Labute approximate surface area is 61.5 Å². The van der Waals surface area contributed by atoms with E-state index in [1.807, 2.05) is 20.8 Å². The van der Waals surface area contributed by atoms with E-state index in [0.29, 0.717) is 13.2 Å². The molecule has 0 radical (unpaired) electrons. The second-order valence-corrected chi connectivity index (χ2v) is 3.49. The molecule has 1 saturated heterocycles. The summed E-state index contributed by atoms with van der Waals surface area (Å²) < 4.78 is 10.9. The first-order valence-corrected chi connectivity index (χ1v) is 3.52. The lowest BCUT2D eigenvalue weighted by atomic mass is 10.2. The van der Waals surface area contributed by atoms with Gasteiger partial charge < -0.3 is 15.2 Å². The standard InChI is InChI=1S/C7H15NO2/c1-6(2)5-9-7(3,4-8)10-6/h4-5,8H2,1-3H3. The molecule has 0 amide bonds. The van der Waals surface area contributed by atoms with Gasteiger partial charge in [0.1, 0.15) is 0 Å². The zero-order chi connectivity index (χ0) is 7.83. The molecule has 0 saturated carbocycles. The van der Waals surface area contributed by atoms with Crippen molar-refractivity contribution in [3.8, 4) is 0 Å². The molecule has 2 N–H and O–H groups in total. The van der Waals surface area contributed by atoms with Crippen molar-refractivity contribution in [2.75, 3.05) is 13.2 Å². The second kappa shape index (κ2) is 2.19. The minimum atomic E-state index is -0.552. The summed E-state index contributed by atoms with van der Waals surface area (Å²) in [5, 5.41) is 0. The normalized spacial score (nSPS) is 38.4. The Hall–Kier alpha value is -0.120. The van der Waals surface area contributed by atoms with Gasteiger partial charge in [-0.15, -0.1) is 0 Å². The minimum absolute atomic E-state index is 0.172. The van der Waals surface area contributed by atoms with Crippen molar-refractivity contribution in [2.24, 2.45) is 5.73 Å². The fraction of sp³-hybridized carbons (Fsp3) is 1.00. The van der Waals surface area contributed by atoms with Crippen LogP contribution in [0.4, 0.5) is 0 Å². The number of hydrogen-bond donors (Lipinski definition) is 1. The van der Waals surface area contributed by atoms with Gasteiger partial charge in [-0.2, -0.15) is 0 Å². The third-order valence-electron chi connectivity index (χ3n) is 1.59. The highest BCUT2D eigenvalue weighted by Gasteiger charge is 2.40. The van der Waals surface area contributed by atoms with Crippen molar-refractivity contribution in [2.45, 2.75) is 32.2 Å². The molecular formula is C7H15NO2. The van der Waals surface area contributed by atoms with Crippen LogP contribution in [0.2, 0.25) is 0 Å². The van der Waals surface area contributed by atoms with E-state index in [2.05, 4.69) is 0 Å². The number of nitrogens with two attached hydrogens (primary N) is 1. The van der Waals surface area contributed by atoms with E-state index in [-0.39, 0.29) is 5.60 Å². The van der Waals surface area contributed by atoms with Crippen molar-refractivity contribution in [3.63, 3.8) is 0 Å². The first kappa shape index (κ1) is 7.98. The van der Waals surface area contributed by atoms with Crippen LogP contribution in [-0.4, -0.2) is 24.5 Å². The summed E-state index contributed by atoms with van der Waals surface area (Å²) >= 11 is 0. The first-order chi connectivity index (χ1) is 4.47. The molecule has 3 nitrogen and oxygen atoms in total.